The molecule has 7 aromatic rings. The van der Waals surface area contributed by atoms with Gasteiger partial charge < -0.3 is 0 Å². The summed E-state index contributed by atoms with van der Waals surface area (Å²) in [6, 6.07) is 55.8. The molecule has 54 heavy (non-hydrogen) atoms. The van der Waals surface area contributed by atoms with Gasteiger partial charge in [-0.3, -0.25) is 0 Å². The summed E-state index contributed by atoms with van der Waals surface area (Å²) in [7, 11) is 0. The molecule has 1 aliphatic heterocycles. The summed E-state index contributed by atoms with van der Waals surface area (Å²) in [5.41, 5.74) is 16.2. The first-order valence-electron chi connectivity index (χ1n) is 19.1. The molecule has 2 atom stereocenters. The number of fused-ring (bicyclic) bond motifs is 4. The number of thioether (sulfide) groups is 1. The van der Waals surface area contributed by atoms with E-state index in [9.17, 15) is 0 Å². The van der Waals surface area contributed by atoms with Gasteiger partial charge in [0.1, 0.15) is 0 Å². The summed E-state index contributed by atoms with van der Waals surface area (Å²) in [5, 5.41) is 3.28. The van der Waals surface area contributed by atoms with E-state index in [-0.39, 0.29) is 25.4 Å². The van der Waals surface area contributed by atoms with Crippen LogP contribution >= 0.6 is 35.7 Å². The van der Waals surface area contributed by atoms with E-state index in [1.54, 1.807) is 0 Å². The zero-order valence-corrected chi connectivity index (χ0v) is 34.5. The number of hydrogen-bond donors (Lipinski definition) is 0. The van der Waals surface area contributed by atoms with Gasteiger partial charge in [0.05, 0.1) is 0 Å². The molecule has 0 aromatic heterocycles. The number of aryl methyl sites for hydroxylation is 3. The van der Waals surface area contributed by atoms with Gasteiger partial charge in [-0.25, -0.2) is 0 Å². The van der Waals surface area contributed by atoms with Gasteiger partial charge in [0, 0.05) is 17.5 Å². The Morgan fingerprint density at radius 2 is 1.20 bits per heavy atom. The molecule has 0 N–H and O–H groups in total. The van der Waals surface area contributed by atoms with Crippen molar-refractivity contribution in [2.24, 2.45) is 0 Å². The Hall–Kier alpha value is -4.64. The second-order valence-corrected chi connectivity index (χ2v) is 15.4. The Morgan fingerprint density at radius 1 is 0.537 bits per heavy atom. The van der Waals surface area contributed by atoms with Crippen molar-refractivity contribution in [1.82, 2.24) is 0 Å². The van der Waals surface area contributed by atoms with Gasteiger partial charge in [0.25, 0.3) is 0 Å². The fourth-order valence-electron chi connectivity index (χ4n) is 7.93. The molecular formula is C52H49IS. The lowest BCUT2D eigenvalue weighted by Gasteiger charge is -2.16. The highest BCUT2D eigenvalue weighted by Crippen LogP contribution is 2.48. The normalized spacial score (nSPS) is 15.2. The van der Waals surface area contributed by atoms with E-state index in [4.69, 9.17) is 0 Å². The number of allylic oxidation sites excluding steroid dienone is 3. The molecule has 0 bridgehead atoms. The molecular weight excluding hydrogens is 784 g/mol. The zero-order chi connectivity index (χ0) is 36.1. The van der Waals surface area contributed by atoms with Gasteiger partial charge in [-0.1, -0.05) is 184 Å². The molecule has 0 saturated carbocycles. The fourth-order valence-corrected chi connectivity index (χ4v) is 9.25. The molecule has 2 heteroatoms. The van der Waals surface area contributed by atoms with Gasteiger partial charge in [-0.15, -0.1) is 35.7 Å². The fraction of sp³-hybridized carbons (Fsp3) is 0.154. The largest absolute Gasteiger partial charge is 0.117 e. The molecule has 270 valence electrons. The number of benzene rings is 7. The topological polar surface area (TPSA) is 0 Å². The van der Waals surface area contributed by atoms with Gasteiger partial charge >= 0.3 is 0 Å². The highest BCUT2D eigenvalue weighted by Gasteiger charge is 2.31. The molecule has 1 aliphatic carbocycles. The Morgan fingerprint density at radius 3 is 1.96 bits per heavy atom. The second-order valence-electron chi connectivity index (χ2n) is 14.2. The minimum Gasteiger partial charge on any atom is -0.117 e. The molecule has 2 unspecified atom stereocenters. The van der Waals surface area contributed by atoms with Crippen LogP contribution in [0, 0.1) is 6.92 Å². The van der Waals surface area contributed by atoms with Crippen molar-refractivity contribution in [3.05, 3.63) is 209 Å². The van der Waals surface area contributed by atoms with Crippen LogP contribution in [0.2, 0.25) is 0 Å². The molecule has 0 saturated heterocycles. The van der Waals surface area contributed by atoms with Crippen LogP contribution in [0.3, 0.4) is 0 Å². The first-order chi connectivity index (χ1) is 26.1. The van der Waals surface area contributed by atoms with Crippen molar-refractivity contribution in [2.45, 2.75) is 56.1 Å². The van der Waals surface area contributed by atoms with Crippen molar-refractivity contribution in [3.8, 4) is 33.4 Å². The van der Waals surface area contributed by atoms with Crippen molar-refractivity contribution in [2.75, 3.05) is 0 Å². The monoisotopic (exact) mass is 832 g/mol. The summed E-state index contributed by atoms with van der Waals surface area (Å²) in [6.07, 6.45) is 12.2. The van der Waals surface area contributed by atoms with Crippen molar-refractivity contribution in [3.63, 3.8) is 0 Å². The maximum atomic E-state index is 2.44. The number of halogens is 1. The van der Waals surface area contributed by atoms with Crippen LogP contribution in [0.15, 0.2) is 181 Å². The van der Waals surface area contributed by atoms with Crippen LogP contribution in [0.1, 0.15) is 54.6 Å². The van der Waals surface area contributed by atoms with E-state index >= 15 is 0 Å². The molecule has 0 radical (unpaired) electrons. The minimum absolute atomic E-state index is 0. The van der Waals surface area contributed by atoms with E-state index in [1.165, 1.54) is 82.4 Å². The number of hydrogen-bond acceptors (Lipinski definition) is 1. The van der Waals surface area contributed by atoms with Crippen LogP contribution in [0.25, 0.3) is 44.2 Å². The third-order valence-electron chi connectivity index (χ3n) is 10.9. The van der Waals surface area contributed by atoms with Gasteiger partial charge in [-0.2, -0.15) is 0 Å². The van der Waals surface area contributed by atoms with Crippen molar-refractivity contribution >= 4 is 46.5 Å². The Kier molecular flexibility index (Phi) is 12.0. The Balaban J connectivity index is 0.000000272. The predicted molar refractivity (Wildman–Crippen MR) is 248 cm³/mol. The quantitative estimate of drug-likeness (QED) is 0.144. The molecule has 0 fully saturated rings. The highest BCUT2D eigenvalue weighted by atomic mass is 127. The van der Waals surface area contributed by atoms with Gasteiger partial charge in [-0.05, 0) is 110 Å². The van der Waals surface area contributed by atoms with Crippen LogP contribution in [0.4, 0.5) is 0 Å². The summed E-state index contributed by atoms with van der Waals surface area (Å²) in [4.78, 5) is 1.44. The minimum atomic E-state index is 0. The van der Waals surface area contributed by atoms with Crippen LogP contribution in [-0.4, -0.2) is 5.25 Å². The summed E-state index contributed by atoms with van der Waals surface area (Å²) < 4.78 is 0. The van der Waals surface area contributed by atoms with E-state index in [0.717, 1.165) is 19.3 Å². The lowest BCUT2D eigenvalue weighted by molar-refractivity contribution is 0.877. The zero-order valence-electron chi connectivity index (χ0n) is 31.3. The van der Waals surface area contributed by atoms with E-state index in [2.05, 4.69) is 191 Å². The lowest BCUT2D eigenvalue weighted by atomic mass is 9.87. The second kappa shape index (κ2) is 17.2. The first-order valence-corrected chi connectivity index (χ1v) is 20.0. The smallest absolute Gasteiger partial charge is 0.0381 e. The average molecular weight is 833 g/mol. The summed E-state index contributed by atoms with van der Waals surface area (Å²) >= 11 is 2.00. The van der Waals surface area contributed by atoms with Crippen molar-refractivity contribution < 1.29 is 1.43 Å². The molecule has 0 amide bonds. The van der Waals surface area contributed by atoms with Crippen molar-refractivity contribution in [1.29, 1.82) is 0 Å². The van der Waals surface area contributed by atoms with Gasteiger partial charge in [0.15, 0.2) is 0 Å². The molecule has 0 spiro atoms. The SMILES string of the molecule is CCc1ccc(-c2ccc(Cc3ccc4c(c3)C3C=CC=CC3S4)cc2)c2cccc(-c3ccccc3C)c12.CCc1ccc(-c2ccccc2)cc1.I.[HH]. The third-order valence-corrected chi connectivity index (χ3v) is 12.2. The number of rotatable bonds is 7. The maximum absolute atomic E-state index is 2.44. The average Bonchev–Trinajstić information content (AvgIpc) is 3.59. The predicted octanol–water partition coefficient (Wildman–Crippen LogP) is 15.1. The Labute approximate surface area is 344 Å². The maximum Gasteiger partial charge on any atom is 0.0381 e. The Bertz CT molecular complexity index is 2430. The van der Waals surface area contributed by atoms with Crippen LogP contribution in [0.5, 0.6) is 0 Å². The molecule has 1 heterocycles. The third kappa shape index (κ3) is 7.92. The van der Waals surface area contributed by atoms with Crippen LogP contribution in [-0.2, 0) is 19.3 Å². The standard InChI is InChI=1S/C38H32S.C14H14.HI.H2/c1-3-28-20-21-31(34-13-8-12-33(38(28)34)30-10-5-4-9-25(30)2)29-18-15-26(16-19-29)23-27-17-22-37-35(24-27)32-11-6-7-14-36(32)39-37;1-2-12-8-10-14(11-9-12)13-6-4-3-5-7-13;;/h4-22,24,32,36H,3,23H2,1-2H3;3-11H,2H2,1H3;2*1H. The summed E-state index contributed by atoms with van der Waals surface area (Å²) in [5.74, 6) is 0.515. The lowest BCUT2D eigenvalue weighted by Crippen LogP contribution is -2.06. The van der Waals surface area contributed by atoms with E-state index in [1.807, 2.05) is 17.8 Å². The molecule has 9 rings (SSSR count). The highest BCUT2D eigenvalue weighted by molar-refractivity contribution is 14.0. The van der Waals surface area contributed by atoms with E-state index < -0.39 is 0 Å². The van der Waals surface area contributed by atoms with Gasteiger partial charge in [0.2, 0.25) is 0 Å². The first kappa shape index (κ1) is 37.7. The summed E-state index contributed by atoms with van der Waals surface area (Å²) in [6.45, 7) is 6.65. The van der Waals surface area contributed by atoms with Crippen LogP contribution < -0.4 is 0 Å². The van der Waals surface area contributed by atoms with E-state index in [0.29, 0.717) is 11.2 Å². The molecule has 7 aromatic carbocycles. The molecule has 2 aliphatic rings. The molecule has 0 nitrogen and oxygen atoms in total.